The molecule has 8 fully saturated rings. The zero-order valence-electron chi connectivity index (χ0n) is 33.7. The van der Waals surface area contributed by atoms with Crippen molar-refractivity contribution in [2.45, 2.75) is 77.0 Å². The normalized spacial score (nSPS) is 41.6. The first kappa shape index (κ1) is 34.2. The molecular weight excluding hydrogens is 721 g/mol. The van der Waals surface area contributed by atoms with Gasteiger partial charge in [0.25, 0.3) is 0 Å². The highest BCUT2D eigenvalue weighted by molar-refractivity contribution is 5.67. The molecule has 0 radical (unpaired) electrons. The smallest absolute Gasteiger partial charge is 0.0363 e. The monoisotopic (exact) mass is 760 g/mol. The summed E-state index contributed by atoms with van der Waals surface area (Å²) in [5, 5.41) is 0. The molecule has 0 heteroatoms. The summed E-state index contributed by atoms with van der Waals surface area (Å²) in [6, 6.07) is 0. The Kier molecular flexibility index (Phi) is 6.59. The number of fused-ring (bicyclic) bond motifs is 4. The standard InChI is InChI=1S/C60H40/c1-2-22-46-48(56-32-12-11-30-54(46,56)38-18-40-56)24-5-6-26-50-52(60-36-16-15-34-58(50,60)42-20-44-60)28-8-7-27-51-49(57-33-13-14-35-59(51,57)43-19-41-57)25-4-3-23-47-45(21-1)53-29-9-10-31-55(47,53)39-17-37-53/h9-16,29-36H,17-20,37-44H2. The zero-order valence-corrected chi connectivity index (χ0v) is 33.7. The highest BCUT2D eigenvalue weighted by Gasteiger charge is 2.70. The summed E-state index contributed by atoms with van der Waals surface area (Å²) >= 11 is 0. The first-order chi connectivity index (χ1) is 29.6. The maximum atomic E-state index is 3.60. The molecule has 13 rings (SSSR count). The van der Waals surface area contributed by atoms with Crippen molar-refractivity contribution in [3.05, 3.63) is 234 Å². The fourth-order valence-corrected chi connectivity index (χ4v) is 15.1. The van der Waals surface area contributed by atoms with Gasteiger partial charge in [0.2, 0.25) is 0 Å². The van der Waals surface area contributed by atoms with Gasteiger partial charge in [-0.2, -0.15) is 0 Å². The molecule has 8 unspecified atom stereocenters. The Balaban J connectivity index is 1.14. The Labute approximate surface area is 352 Å². The number of allylic oxidation sites excluding steroid dienone is 24. The molecule has 0 nitrogen and oxygen atoms in total. The average molecular weight is 761 g/mol. The second kappa shape index (κ2) is 11.5. The van der Waals surface area contributed by atoms with E-state index in [1.807, 2.05) is 0 Å². The SMILES string of the molecule is C1=C=C=C2C(=C=C=C=C=C3C(=C=C=C=C=C4C(=C=C=C=C=C5C(=C=1)C16C=CC=CC51CCC6)C15C=CC=CC41CCC5)C14C=CC=CC31CCC4)C13C=CC=CC21CCC3. The molecule has 0 aromatic carbocycles. The maximum absolute atomic E-state index is 3.60. The largest absolute Gasteiger partial charge is 0.0721 e. The molecular formula is C60H40. The van der Waals surface area contributed by atoms with Crippen LogP contribution in [0.15, 0.2) is 234 Å². The van der Waals surface area contributed by atoms with Crippen molar-refractivity contribution in [2.24, 2.45) is 43.3 Å². The van der Waals surface area contributed by atoms with Crippen LogP contribution in [-0.4, -0.2) is 0 Å². The predicted octanol–water partition coefficient (Wildman–Crippen LogP) is 12.9. The van der Waals surface area contributed by atoms with Crippen LogP contribution in [0, 0.1) is 43.3 Å². The summed E-state index contributed by atoms with van der Waals surface area (Å²) in [7, 11) is 0. The van der Waals surface area contributed by atoms with Crippen molar-refractivity contribution in [3.63, 3.8) is 0 Å². The Hall–Kier alpha value is -6.64. The van der Waals surface area contributed by atoms with Crippen molar-refractivity contribution in [1.29, 1.82) is 0 Å². The van der Waals surface area contributed by atoms with Gasteiger partial charge in [0.15, 0.2) is 0 Å². The summed E-state index contributed by atoms with van der Waals surface area (Å²) in [6.45, 7) is 0. The minimum atomic E-state index is -0.112. The van der Waals surface area contributed by atoms with E-state index in [0.29, 0.717) is 0 Å². The van der Waals surface area contributed by atoms with Gasteiger partial charge in [-0.3, -0.25) is 0 Å². The van der Waals surface area contributed by atoms with Crippen molar-refractivity contribution >= 4 is 0 Å². The molecule has 0 aromatic heterocycles. The van der Waals surface area contributed by atoms with E-state index in [2.05, 4.69) is 189 Å². The van der Waals surface area contributed by atoms with Gasteiger partial charge in [-0.05, 0) is 97.2 Å². The molecule has 13 aliphatic rings. The van der Waals surface area contributed by atoms with E-state index < -0.39 is 0 Å². The first-order valence-corrected chi connectivity index (χ1v) is 22.1. The van der Waals surface area contributed by atoms with Crippen LogP contribution in [0.25, 0.3) is 0 Å². The van der Waals surface area contributed by atoms with Crippen LogP contribution in [-0.2, 0) is 0 Å². The Morgan fingerprint density at radius 1 is 0.217 bits per heavy atom. The van der Waals surface area contributed by atoms with Gasteiger partial charge in [-0.15, -0.1) is 0 Å². The van der Waals surface area contributed by atoms with Gasteiger partial charge in [-0.25, -0.2) is 0 Å². The lowest BCUT2D eigenvalue weighted by Crippen LogP contribution is -2.50. The fraction of sp³-hybridized carbons (Fsp3) is 0.333. The van der Waals surface area contributed by atoms with Crippen LogP contribution in [0.5, 0.6) is 0 Å². The summed E-state index contributed by atoms with van der Waals surface area (Å²) in [5.74, 6) is 0. The third-order valence-corrected chi connectivity index (χ3v) is 17.6. The van der Waals surface area contributed by atoms with Crippen molar-refractivity contribution in [3.8, 4) is 0 Å². The average Bonchev–Trinajstić information content (AvgIpc) is 4.01. The quantitative estimate of drug-likeness (QED) is 0.216. The minimum Gasteiger partial charge on any atom is -0.0721 e. The van der Waals surface area contributed by atoms with Gasteiger partial charge in [-0.1, -0.05) is 169 Å². The van der Waals surface area contributed by atoms with Crippen molar-refractivity contribution in [1.82, 2.24) is 0 Å². The Morgan fingerprint density at radius 2 is 0.350 bits per heavy atom. The van der Waals surface area contributed by atoms with E-state index in [1.165, 1.54) is 0 Å². The molecule has 60 heavy (non-hydrogen) atoms. The van der Waals surface area contributed by atoms with Crippen LogP contribution < -0.4 is 0 Å². The molecule has 0 bridgehead atoms. The second-order valence-corrected chi connectivity index (χ2v) is 19.1. The van der Waals surface area contributed by atoms with Crippen LogP contribution >= 0.6 is 0 Å². The van der Waals surface area contributed by atoms with E-state index in [-0.39, 0.29) is 43.3 Å². The fourth-order valence-electron chi connectivity index (χ4n) is 15.1. The lowest BCUT2D eigenvalue weighted by molar-refractivity contribution is 0.209. The van der Waals surface area contributed by atoms with E-state index in [4.69, 9.17) is 0 Å². The molecule has 0 saturated heterocycles. The highest BCUT2D eigenvalue weighted by Crippen LogP contribution is 2.77. The molecule has 0 heterocycles. The molecule has 8 saturated carbocycles. The molecule has 0 amide bonds. The molecule has 0 aliphatic heterocycles. The third kappa shape index (κ3) is 3.63. The lowest BCUT2D eigenvalue weighted by atomic mass is 9.44. The molecule has 0 aromatic rings. The van der Waals surface area contributed by atoms with Gasteiger partial charge < -0.3 is 0 Å². The Morgan fingerprint density at radius 3 is 0.483 bits per heavy atom. The summed E-state index contributed by atoms with van der Waals surface area (Å²) in [5.41, 5.74) is 63.6. The summed E-state index contributed by atoms with van der Waals surface area (Å²) in [6.07, 6.45) is 49.7. The van der Waals surface area contributed by atoms with Crippen LogP contribution in [0.1, 0.15) is 77.0 Å². The van der Waals surface area contributed by atoms with Crippen LogP contribution in [0.3, 0.4) is 0 Å². The summed E-state index contributed by atoms with van der Waals surface area (Å²) < 4.78 is 0. The van der Waals surface area contributed by atoms with Gasteiger partial charge >= 0.3 is 0 Å². The van der Waals surface area contributed by atoms with E-state index in [0.717, 1.165) is 122 Å². The molecule has 0 spiro atoms. The van der Waals surface area contributed by atoms with Gasteiger partial charge in [0.05, 0.1) is 0 Å². The van der Waals surface area contributed by atoms with Crippen molar-refractivity contribution < 1.29 is 0 Å². The molecule has 0 N–H and O–H groups in total. The number of hydrogen-bond acceptors (Lipinski definition) is 0. The topological polar surface area (TPSA) is 0 Å². The molecule has 13 aliphatic carbocycles. The van der Waals surface area contributed by atoms with E-state index in [1.54, 1.807) is 0 Å². The summed E-state index contributed by atoms with van der Waals surface area (Å²) in [4.78, 5) is 0. The predicted molar refractivity (Wildman–Crippen MR) is 232 cm³/mol. The number of rotatable bonds is 0. The van der Waals surface area contributed by atoms with Crippen LogP contribution in [0.4, 0.5) is 0 Å². The zero-order chi connectivity index (χ0) is 39.7. The van der Waals surface area contributed by atoms with Gasteiger partial charge in [0.1, 0.15) is 0 Å². The van der Waals surface area contributed by atoms with E-state index in [9.17, 15) is 0 Å². The highest BCUT2D eigenvalue weighted by atomic mass is 14.7. The maximum Gasteiger partial charge on any atom is 0.0363 e. The second-order valence-electron chi connectivity index (χ2n) is 19.1. The Bertz CT molecular complexity index is 2640. The molecule has 280 valence electrons. The molecule has 8 atom stereocenters. The van der Waals surface area contributed by atoms with E-state index >= 15 is 0 Å². The lowest BCUT2D eigenvalue weighted by Gasteiger charge is -2.56. The van der Waals surface area contributed by atoms with Crippen LogP contribution in [0.2, 0.25) is 0 Å². The number of hydrogen-bond donors (Lipinski definition) is 0. The van der Waals surface area contributed by atoms with Gasteiger partial charge in [0, 0.05) is 87.9 Å². The van der Waals surface area contributed by atoms with Crippen molar-refractivity contribution in [2.75, 3.05) is 0 Å². The first-order valence-electron chi connectivity index (χ1n) is 22.1. The minimum absolute atomic E-state index is 0.112. The third-order valence-electron chi connectivity index (χ3n) is 17.6.